The normalized spacial score (nSPS) is 23.0. The van der Waals surface area contributed by atoms with E-state index in [1.165, 1.54) is 0 Å². The Bertz CT molecular complexity index is 590. The summed E-state index contributed by atoms with van der Waals surface area (Å²) in [5.74, 6) is 0.862. The molecular formula is C14H16N2O4. The minimum absolute atomic E-state index is 0.0301. The molecule has 2 aromatic rings. The van der Waals surface area contributed by atoms with Crippen molar-refractivity contribution in [3.05, 3.63) is 30.2 Å². The Morgan fingerprint density at radius 3 is 3.00 bits per heavy atom. The molecule has 0 aromatic carbocycles. The fourth-order valence-electron chi connectivity index (χ4n) is 2.24. The zero-order valence-corrected chi connectivity index (χ0v) is 11.4. The van der Waals surface area contributed by atoms with E-state index >= 15 is 0 Å². The number of nitrogens with zero attached hydrogens (tertiary/aromatic N) is 2. The van der Waals surface area contributed by atoms with E-state index in [1.54, 1.807) is 29.4 Å². The molecule has 0 radical (unpaired) electrons. The van der Waals surface area contributed by atoms with Gasteiger partial charge < -0.3 is 18.6 Å². The maximum absolute atomic E-state index is 12.5. The maximum Gasteiger partial charge on any atom is 0.276 e. The zero-order valence-electron chi connectivity index (χ0n) is 11.4. The molecule has 3 rings (SSSR count). The van der Waals surface area contributed by atoms with Gasteiger partial charge in [-0.05, 0) is 26.0 Å². The molecule has 6 nitrogen and oxygen atoms in total. The second-order valence-electron chi connectivity index (χ2n) is 5.00. The molecule has 2 atom stereocenters. The Morgan fingerprint density at radius 1 is 1.40 bits per heavy atom. The number of rotatable bonds is 2. The van der Waals surface area contributed by atoms with Gasteiger partial charge in [0.25, 0.3) is 5.91 Å². The van der Waals surface area contributed by atoms with Gasteiger partial charge in [-0.15, -0.1) is 0 Å². The second-order valence-corrected chi connectivity index (χ2v) is 5.00. The number of ether oxygens (including phenoxy) is 1. The van der Waals surface area contributed by atoms with E-state index in [0.717, 1.165) is 0 Å². The van der Waals surface area contributed by atoms with Crippen molar-refractivity contribution in [1.82, 2.24) is 10.1 Å². The number of furan rings is 1. The lowest BCUT2D eigenvalue weighted by atomic mass is 10.2. The molecule has 2 unspecified atom stereocenters. The summed E-state index contributed by atoms with van der Waals surface area (Å²) in [5, 5.41) is 3.84. The van der Waals surface area contributed by atoms with Gasteiger partial charge in [0.15, 0.2) is 11.5 Å². The topological polar surface area (TPSA) is 68.7 Å². The third-order valence-corrected chi connectivity index (χ3v) is 3.36. The fourth-order valence-corrected chi connectivity index (χ4v) is 2.24. The quantitative estimate of drug-likeness (QED) is 0.841. The summed E-state index contributed by atoms with van der Waals surface area (Å²) < 4.78 is 15.9. The molecule has 0 bridgehead atoms. The molecule has 1 aliphatic rings. The molecule has 106 valence electrons. The zero-order chi connectivity index (χ0) is 14.1. The number of carbonyl (C=O) groups is 1. The minimum atomic E-state index is -0.144. The maximum atomic E-state index is 12.5. The number of aromatic nitrogens is 1. The van der Waals surface area contributed by atoms with Crippen LogP contribution in [0.25, 0.3) is 11.5 Å². The van der Waals surface area contributed by atoms with Gasteiger partial charge in [-0.25, -0.2) is 0 Å². The standard InChI is InChI=1S/C14H16N2O4/c1-9-8-19-10(2)7-16(9)14(17)11-6-13(20-15-11)12-4-3-5-18-12/h3-6,9-10H,7-8H2,1-2H3. The molecule has 0 N–H and O–H groups in total. The average Bonchev–Trinajstić information content (AvgIpc) is 3.10. The van der Waals surface area contributed by atoms with Crippen LogP contribution in [-0.2, 0) is 4.74 Å². The first-order valence-electron chi connectivity index (χ1n) is 6.58. The van der Waals surface area contributed by atoms with Gasteiger partial charge in [0, 0.05) is 12.6 Å². The first-order chi connectivity index (χ1) is 9.65. The van der Waals surface area contributed by atoms with Crippen LogP contribution >= 0.6 is 0 Å². The van der Waals surface area contributed by atoms with Crippen LogP contribution in [0.1, 0.15) is 24.3 Å². The highest BCUT2D eigenvalue weighted by molar-refractivity contribution is 5.93. The van der Waals surface area contributed by atoms with Gasteiger partial charge in [-0.3, -0.25) is 4.79 Å². The molecule has 0 saturated carbocycles. The van der Waals surface area contributed by atoms with Crippen LogP contribution in [0.2, 0.25) is 0 Å². The second kappa shape index (κ2) is 5.13. The van der Waals surface area contributed by atoms with Crippen molar-refractivity contribution in [1.29, 1.82) is 0 Å². The summed E-state index contributed by atoms with van der Waals surface area (Å²) in [4.78, 5) is 14.2. The minimum Gasteiger partial charge on any atom is -0.461 e. The van der Waals surface area contributed by atoms with E-state index in [4.69, 9.17) is 13.7 Å². The summed E-state index contributed by atoms with van der Waals surface area (Å²) in [5.41, 5.74) is 0.289. The Hall–Kier alpha value is -2.08. The Labute approximate surface area is 116 Å². The Morgan fingerprint density at radius 2 is 2.25 bits per heavy atom. The molecule has 1 amide bonds. The SMILES string of the molecule is CC1CN(C(=O)c2cc(-c3ccco3)on2)C(C)CO1. The molecule has 20 heavy (non-hydrogen) atoms. The molecule has 2 aromatic heterocycles. The largest absolute Gasteiger partial charge is 0.461 e. The van der Waals surface area contributed by atoms with E-state index in [-0.39, 0.29) is 23.7 Å². The van der Waals surface area contributed by atoms with Crippen molar-refractivity contribution in [3.8, 4) is 11.5 Å². The molecule has 1 aliphatic heterocycles. The third-order valence-electron chi connectivity index (χ3n) is 3.36. The Kier molecular flexibility index (Phi) is 3.31. The average molecular weight is 276 g/mol. The van der Waals surface area contributed by atoms with Crippen LogP contribution in [0.15, 0.2) is 33.4 Å². The van der Waals surface area contributed by atoms with E-state index < -0.39 is 0 Å². The van der Waals surface area contributed by atoms with Crippen molar-refractivity contribution in [2.24, 2.45) is 0 Å². The van der Waals surface area contributed by atoms with Crippen LogP contribution in [0, 0.1) is 0 Å². The summed E-state index contributed by atoms with van der Waals surface area (Å²) in [6.07, 6.45) is 1.58. The number of morpholine rings is 1. The van der Waals surface area contributed by atoms with Crippen molar-refractivity contribution in [2.45, 2.75) is 26.0 Å². The van der Waals surface area contributed by atoms with Crippen LogP contribution in [-0.4, -0.2) is 41.3 Å². The molecule has 1 saturated heterocycles. The number of amides is 1. The molecule has 0 aliphatic carbocycles. The van der Waals surface area contributed by atoms with Gasteiger partial charge in [0.2, 0.25) is 5.76 Å². The molecule has 6 heteroatoms. The van der Waals surface area contributed by atoms with Crippen LogP contribution < -0.4 is 0 Å². The lowest BCUT2D eigenvalue weighted by Gasteiger charge is -2.36. The van der Waals surface area contributed by atoms with Crippen molar-refractivity contribution < 1.29 is 18.5 Å². The molecular weight excluding hydrogens is 260 g/mol. The van der Waals surface area contributed by atoms with Gasteiger partial charge in [0.1, 0.15) is 0 Å². The predicted molar refractivity (Wildman–Crippen MR) is 70.1 cm³/mol. The van der Waals surface area contributed by atoms with Gasteiger partial charge >= 0.3 is 0 Å². The van der Waals surface area contributed by atoms with Gasteiger partial charge in [-0.1, -0.05) is 5.16 Å². The van der Waals surface area contributed by atoms with E-state index in [0.29, 0.717) is 24.7 Å². The van der Waals surface area contributed by atoms with Crippen molar-refractivity contribution in [3.63, 3.8) is 0 Å². The third kappa shape index (κ3) is 2.34. The predicted octanol–water partition coefficient (Wildman–Crippen LogP) is 2.18. The van der Waals surface area contributed by atoms with E-state index in [2.05, 4.69) is 5.16 Å². The lowest BCUT2D eigenvalue weighted by molar-refractivity contribution is -0.0390. The van der Waals surface area contributed by atoms with Gasteiger partial charge in [0.05, 0.1) is 25.0 Å². The first-order valence-corrected chi connectivity index (χ1v) is 6.58. The highest BCUT2D eigenvalue weighted by Gasteiger charge is 2.30. The number of hydrogen-bond acceptors (Lipinski definition) is 5. The summed E-state index contributed by atoms with van der Waals surface area (Å²) >= 11 is 0. The number of hydrogen-bond donors (Lipinski definition) is 0. The van der Waals surface area contributed by atoms with E-state index in [9.17, 15) is 4.79 Å². The molecule has 1 fully saturated rings. The summed E-state index contributed by atoms with van der Waals surface area (Å²) in [6, 6.07) is 5.15. The summed E-state index contributed by atoms with van der Waals surface area (Å²) in [6.45, 7) is 5.00. The van der Waals surface area contributed by atoms with Crippen molar-refractivity contribution >= 4 is 5.91 Å². The first kappa shape index (κ1) is 12.9. The highest BCUT2D eigenvalue weighted by atomic mass is 16.5. The molecule has 3 heterocycles. The number of carbonyl (C=O) groups excluding carboxylic acids is 1. The van der Waals surface area contributed by atoms with Crippen LogP contribution in [0.4, 0.5) is 0 Å². The van der Waals surface area contributed by atoms with Crippen LogP contribution in [0.3, 0.4) is 0 Å². The van der Waals surface area contributed by atoms with Gasteiger partial charge in [-0.2, -0.15) is 0 Å². The summed E-state index contributed by atoms with van der Waals surface area (Å²) in [7, 11) is 0. The lowest BCUT2D eigenvalue weighted by Crippen LogP contribution is -2.50. The van der Waals surface area contributed by atoms with E-state index in [1.807, 2.05) is 13.8 Å². The van der Waals surface area contributed by atoms with Crippen LogP contribution in [0.5, 0.6) is 0 Å². The highest BCUT2D eigenvalue weighted by Crippen LogP contribution is 2.22. The monoisotopic (exact) mass is 276 g/mol. The fraction of sp³-hybridized carbons (Fsp3) is 0.429. The Balaban J connectivity index is 1.80. The smallest absolute Gasteiger partial charge is 0.276 e. The molecule has 0 spiro atoms. The van der Waals surface area contributed by atoms with Crippen molar-refractivity contribution in [2.75, 3.05) is 13.2 Å².